The molecule has 0 fully saturated rings. The van der Waals surface area contributed by atoms with E-state index in [1.807, 2.05) is 7.05 Å². The molecule has 0 saturated heterocycles. The van der Waals surface area contributed by atoms with Gasteiger partial charge in [-0.1, -0.05) is 13.8 Å². The van der Waals surface area contributed by atoms with Crippen LogP contribution >= 0.6 is 11.3 Å². The van der Waals surface area contributed by atoms with Gasteiger partial charge in [0.25, 0.3) is 0 Å². The quantitative estimate of drug-likeness (QED) is 0.748. The summed E-state index contributed by atoms with van der Waals surface area (Å²) in [6.45, 7) is 9.14. The molecular weight excluding hydrogens is 272 g/mol. The monoisotopic (exact) mass is 298 g/mol. The zero-order chi connectivity index (χ0) is 15.0. The lowest BCUT2D eigenvalue weighted by Gasteiger charge is -2.17. The minimum atomic E-state index is -0.0262. The van der Waals surface area contributed by atoms with E-state index in [9.17, 15) is 4.79 Å². The topological polar surface area (TPSA) is 41.6 Å². The predicted molar refractivity (Wildman–Crippen MR) is 84.2 cm³/mol. The van der Waals surface area contributed by atoms with Gasteiger partial charge in [0.05, 0.1) is 6.54 Å². The molecule has 5 heteroatoms. The van der Waals surface area contributed by atoms with Crippen molar-refractivity contribution in [2.24, 2.45) is 5.92 Å². The lowest BCUT2D eigenvalue weighted by molar-refractivity contribution is 0.108. The number of amides is 2. The number of hydrogen-bond acceptors (Lipinski definition) is 3. The maximum Gasteiger partial charge on any atom is 0.317 e. The van der Waals surface area contributed by atoms with Crippen LogP contribution in [0.4, 0.5) is 4.79 Å². The lowest BCUT2D eigenvalue weighted by atomic mass is 10.2. The van der Waals surface area contributed by atoms with E-state index in [0.717, 1.165) is 13.0 Å². The van der Waals surface area contributed by atoms with Gasteiger partial charge < -0.3 is 15.0 Å². The largest absolute Gasteiger partial charge is 0.381 e. The van der Waals surface area contributed by atoms with Crippen LogP contribution in [0.5, 0.6) is 0 Å². The van der Waals surface area contributed by atoms with Gasteiger partial charge in [-0.05, 0) is 36.3 Å². The van der Waals surface area contributed by atoms with Crippen molar-refractivity contribution >= 4 is 17.4 Å². The zero-order valence-corrected chi connectivity index (χ0v) is 13.8. The van der Waals surface area contributed by atoms with Gasteiger partial charge >= 0.3 is 6.03 Å². The van der Waals surface area contributed by atoms with Crippen molar-refractivity contribution in [2.45, 2.75) is 33.7 Å². The lowest BCUT2D eigenvalue weighted by Crippen LogP contribution is -2.37. The number of aryl methyl sites for hydroxylation is 1. The number of thiophene rings is 1. The second-order valence-corrected chi connectivity index (χ2v) is 6.44. The Kier molecular flexibility index (Phi) is 7.62. The Labute approximate surface area is 126 Å². The van der Waals surface area contributed by atoms with Gasteiger partial charge in [0.2, 0.25) is 0 Å². The molecule has 0 unspecified atom stereocenters. The van der Waals surface area contributed by atoms with Gasteiger partial charge in [-0.15, -0.1) is 11.3 Å². The van der Waals surface area contributed by atoms with E-state index >= 15 is 0 Å². The number of nitrogens with one attached hydrogen (secondary N) is 1. The third-order valence-electron chi connectivity index (χ3n) is 2.89. The molecule has 0 bridgehead atoms. The van der Waals surface area contributed by atoms with Gasteiger partial charge in [-0.3, -0.25) is 0 Å². The Hall–Kier alpha value is -1.07. The fraction of sp³-hybridized carbons (Fsp3) is 0.667. The van der Waals surface area contributed by atoms with E-state index in [-0.39, 0.29) is 6.03 Å². The maximum absolute atomic E-state index is 11.9. The average molecular weight is 298 g/mol. The highest BCUT2D eigenvalue weighted by atomic mass is 32.1. The highest BCUT2D eigenvalue weighted by Crippen LogP contribution is 2.17. The molecule has 20 heavy (non-hydrogen) atoms. The van der Waals surface area contributed by atoms with Crippen molar-refractivity contribution < 1.29 is 9.53 Å². The first-order chi connectivity index (χ1) is 9.50. The Balaban J connectivity index is 2.14. The van der Waals surface area contributed by atoms with Crippen LogP contribution in [0, 0.1) is 12.8 Å². The molecule has 0 spiro atoms. The molecule has 114 valence electrons. The van der Waals surface area contributed by atoms with Crippen molar-refractivity contribution in [2.75, 3.05) is 26.8 Å². The van der Waals surface area contributed by atoms with Crippen LogP contribution in [0.2, 0.25) is 0 Å². The minimum Gasteiger partial charge on any atom is -0.381 e. The second-order valence-electron chi connectivity index (χ2n) is 5.44. The molecule has 0 saturated carbocycles. The summed E-state index contributed by atoms with van der Waals surface area (Å²) in [6, 6.07) is 2.05. The molecule has 1 rings (SSSR count). The molecular formula is C15H26N2O2S. The van der Waals surface area contributed by atoms with E-state index in [1.165, 1.54) is 10.4 Å². The van der Waals surface area contributed by atoms with Gasteiger partial charge in [-0.25, -0.2) is 4.79 Å². The smallest absolute Gasteiger partial charge is 0.317 e. The van der Waals surface area contributed by atoms with E-state index < -0.39 is 0 Å². The molecule has 0 aliphatic heterocycles. The van der Waals surface area contributed by atoms with Crippen LogP contribution in [-0.2, 0) is 11.3 Å². The number of carbonyl (C=O) groups excluding carboxylic acids is 1. The van der Waals surface area contributed by atoms with E-state index in [4.69, 9.17) is 4.74 Å². The highest BCUT2D eigenvalue weighted by Gasteiger charge is 2.10. The fourth-order valence-corrected chi connectivity index (χ4v) is 2.64. The molecule has 2 amide bonds. The summed E-state index contributed by atoms with van der Waals surface area (Å²) >= 11 is 1.69. The Morgan fingerprint density at radius 3 is 2.85 bits per heavy atom. The van der Waals surface area contributed by atoms with Gasteiger partial charge in [0.1, 0.15) is 0 Å². The maximum atomic E-state index is 11.9. The molecule has 1 aromatic heterocycles. The van der Waals surface area contributed by atoms with Gasteiger partial charge in [0.15, 0.2) is 0 Å². The van der Waals surface area contributed by atoms with Crippen molar-refractivity contribution in [3.8, 4) is 0 Å². The van der Waals surface area contributed by atoms with Crippen molar-refractivity contribution in [1.29, 1.82) is 0 Å². The number of nitrogens with zero attached hydrogens (tertiary/aromatic N) is 1. The van der Waals surface area contributed by atoms with Crippen molar-refractivity contribution in [3.63, 3.8) is 0 Å². The van der Waals surface area contributed by atoms with E-state index in [2.05, 4.69) is 37.5 Å². The second kappa shape index (κ2) is 8.97. The molecule has 1 aromatic rings. The van der Waals surface area contributed by atoms with Crippen LogP contribution < -0.4 is 5.32 Å². The molecule has 0 atom stereocenters. The summed E-state index contributed by atoms with van der Waals surface area (Å²) in [5, 5.41) is 4.97. The number of hydrogen-bond donors (Lipinski definition) is 1. The SMILES string of the molecule is Cc1ccsc1CN(C)C(=O)NCCCOCC(C)C. The summed E-state index contributed by atoms with van der Waals surface area (Å²) in [4.78, 5) is 14.9. The molecule has 1 N–H and O–H groups in total. The number of carbonyl (C=O) groups is 1. The van der Waals surface area contributed by atoms with E-state index in [0.29, 0.717) is 25.6 Å². The minimum absolute atomic E-state index is 0.0262. The highest BCUT2D eigenvalue weighted by molar-refractivity contribution is 7.10. The van der Waals surface area contributed by atoms with Crippen LogP contribution in [0.1, 0.15) is 30.7 Å². The first-order valence-corrected chi connectivity index (χ1v) is 7.98. The number of urea groups is 1. The van der Waals surface area contributed by atoms with Crippen molar-refractivity contribution in [1.82, 2.24) is 10.2 Å². The Morgan fingerprint density at radius 1 is 1.50 bits per heavy atom. The van der Waals surface area contributed by atoms with Crippen LogP contribution in [0.3, 0.4) is 0 Å². The Morgan fingerprint density at radius 2 is 2.25 bits per heavy atom. The number of rotatable bonds is 8. The molecule has 0 aliphatic carbocycles. The van der Waals surface area contributed by atoms with Gasteiger partial charge in [-0.2, -0.15) is 0 Å². The summed E-state index contributed by atoms with van der Waals surface area (Å²) in [5.74, 6) is 0.560. The summed E-state index contributed by atoms with van der Waals surface area (Å²) in [5.41, 5.74) is 1.25. The molecule has 1 heterocycles. The predicted octanol–water partition coefficient (Wildman–Crippen LogP) is 3.26. The summed E-state index contributed by atoms with van der Waals surface area (Å²) < 4.78 is 5.48. The van der Waals surface area contributed by atoms with E-state index in [1.54, 1.807) is 16.2 Å². The molecule has 4 nitrogen and oxygen atoms in total. The van der Waals surface area contributed by atoms with Crippen LogP contribution in [0.15, 0.2) is 11.4 Å². The van der Waals surface area contributed by atoms with Crippen LogP contribution in [-0.4, -0.2) is 37.7 Å². The average Bonchev–Trinajstić information content (AvgIpc) is 2.78. The molecule has 0 aliphatic rings. The van der Waals surface area contributed by atoms with Crippen molar-refractivity contribution in [3.05, 3.63) is 21.9 Å². The summed E-state index contributed by atoms with van der Waals surface area (Å²) in [6.07, 6.45) is 0.852. The number of ether oxygens (including phenoxy) is 1. The summed E-state index contributed by atoms with van der Waals surface area (Å²) in [7, 11) is 1.82. The third-order valence-corrected chi connectivity index (χ3v) is 3.90. The van der Waals surface area contributed by atoms with Crippen LogP contribution in [0.25, 0.3) is 0 Å². The first-order valence-electron chi connectivity index (χ1n) is 7.10. The standard InChI is InChI=1S/C15H26N2O2S/c1-12(2)11-19-8-5-7-16-15(18)17(4)10-14-13(3)6-9-20-14/h6,9,12H,5,7-8,10-11H2,1-4H3,(H,16,18). The van der Waals surface area contributed by atoms with Gasteiger partial charge in [0, 0.05) is 31.7 Å². The Bertz CT molecular complexity index is 404. The molecule has 0 radical (unpaired) electrons. The molecule has 0 aromatic carbocycles. The first kappa shape index (κ1) is 17.0. The fourth-order valence-electron chi connectivity index (χ4n) is 1.68. The normalized spacial score (nSPS) is 10.8. The third kappa shape index (κ3) is 6.39. The zero-order valence-electron chi connectivity index (χ0n) is 12.9.